The van der Waals surface area contributed by atoms with E-state index in [1.165, 1.54) is 0 Å². The summed E-state index contributed by atoms with van der Waals surface area (Å²) >= 11 is -2.31. The summed E-state index contributed by atoms with van der Waals surface area (Å²) in [5.74, 6) is 0. The molecule has 4 nitrogen and oxygen atoms in total. The SMILES string of the molecule is Cc1cc(N)c(C)c(NS(=O)[O-])c1C. The molecule has 0 aliphatic heterocycles. The van der Waals surface area contributed by atoms with E-state index < -0.39 is 11.3 Å². The molecule has 0 amide bonds. The highest BCUT2D eigenvalue weighted by Gasteiger charge is 2.08. The maximum Gasteiger partial charge on any atom is 0.0533 e. The van der Waals surface area contributed by atoms with E-state index in [9.17, 15) is 8.76 Å². The molecule has 0 saturated heterocycles. The summed E-state index contributed by atoms with van der Waals surface area (Å²) in [5, 5.41) is 0. The zero-order chi connectivity index (χ0) is 10.9. The lowest BCUT2D eigenvalue weighted by Crippen LogP contribution is -2.08. The van der Waals surface area contributed by atoms with Gasteiger partial charge in [-0.05, 0) is 43.5 Å². The van der Waals surface area contributed by atoms with Crippen LogP contribution in [-0.4, -0.2) is 8.76 Å². The van der Waals surface area contributed by atoms with Gasteiger partial charge in [-0.2, -0.15) is 0 Å². The number of hydrogen-bond donors (Lipinski definition) is 2. The van der Waals surface area contributed by atoms with Crippen LogP contribution >= 0.6 is 0 Å². The molecule has 14 heavy (non-hydrogen) atoms. The molecule has 0 heterocycles. The average Bonchev–Trinajstić information content (AvgIpc) is 2.09. The number of nitrogens with one attached hydrogen (secondary N) is 1. The molecule has 0 bridgehead atoms. The van der Waals surface area contributed by atoms with Crippen LogP contribution < -0.4 is 10.5 Å². The van der Waals surface area contributed by atoms with E-state index in [2.05, 4.69) is 4.72 Å². The second kappa shape index (κ2) is 3.98. The Labute approximate surface area is 85.9 Å². The Kier molecular flexibility index (Phi) is 3.13. The summed E-state index contributed by atoms with van der Waals surface area (Å²) in [5.41, 5.74) is 9.54. The standard InChI is InChI=1S/C9H14N2O2S/c1-5-4-8(10)7(3)9(6(5)2)11-14(12)13/h4,11H,10H2,1-3H3,(H,12,13)/p-1. The summed E-state index contributed by atoms with van der Waals surface area (Å²) in [4.78, 5) is 0. The lowest BCUT2D eigenvalue weighted by Gasteiger charge is -2.17. The molecule has 0 spiro atoms. The molecule has 0 radical (unpaired) electrons. The van der Waals surface area contributed by atoms with E-state index in [-0.39, 0.29) is 0 Å². The molecule has 1 rings (SSSR count). The van der Waals surface area contributed by atoms with Gasteiger partial charge >= 0.3 is 0 Å². The van der Waals surface area contributed by atoms with Crippen LogP contribution in [0, 0.1) is 20.8 Å². The molecule has 0 fully saturated rings. The van der Waals surface area contributed by atoms with Crippen LogP contribution in [0.15, 0.2) is 6.07 Å². The highest BCUT2D eigenvalue weighted by molar-refractivity contribution is 7.80. The van der Waals surface area contributed by atoms with E-state index in [0.29, 0.717) is 11.4 Å². The van der Waals surface area contributed by atoms with E-state index in [0.717, 1.165) is 16.7 Å². The van der Waals surface area contributed by atoms with Gasteiger partial charge in [0.05, 0.1) is 5.69 Å². The minimum Gasteiger partial charge on any atom is -0.755 e. The predicted molar refractivity (Wildman–Crippen MR) is 57.6 cm³/mol. The molecule has 0 aromatic heterocycles. The topological polar surface area (TPSA) is 78.2 Å². The van der Waals surface area contributed by atoms with Crippen molar-refractivity contribution in [3.63, 3.8) is 0 Å². The van der Waals surface area contributed by atoms with Crippen molar-refractivity contribution in [2.24, 2.45) is 0 Å². The highest BCUT2D eigenvalue weighted by atomic mass is 32.2. The van der Waals surface area contributed by atoms with Gasteiger partial charge in [0, 0.05) is 17.0 Å². The monoisotopic (exact) mass is 213 g/mol. The van der Waals surface area contributed by atoms with E-state index in [4.69, 9.17) is 5.73 Å². The lowest BCUT2D eigenvalue weighted by atomic mass is 10.0. The van der Waals surface area contributed by atoms with Crippen molar-refractivity contribution >= 4 is 22.6 Å². The lowest BCUT2D eigenvalue weighted by molar-refractivity contribution is 0.542. The van der Waals surface area contributed by atoms with Crippen molar-refractivity contribution in [2.75, 3.05) is 10.5 Å². The van der Waals surface area contributed by atoms with Crippen molar-refractivity contribution in [1.29, 1.82) is 0 Å². The Morgan fingerprint density at radius 3 is 2.43 bits per heavy atom. The van der Waals surface area contributed by atoms with Crippen LogP contribution in [0.25, 0.3) is 0 Å². The fraction of sp³-hybridized carbons (Fsp3) is 0.333. The number of benzene rings is 1. The second-order valence-corrected chi connectivity index (χ2v) is 3.92. The Morgan fingerprint density at radius 1 is 1.36 bits per heavy atom. The molecular formula is C9H13N2O2S-. The Bertz CT molecular complexity index is 365. The zero-order valence-corrected chi connectivity index (χ0v) is 9.20. The average molecular weight is 213 g/mol. The molecule has 0 aliphatic carbocycles. The smallest absolute Gasteiger partial charge is 0.0533 e. The van der Waals surface area contributed by atoms with Crippen LogP contribution in [-0.2, 0) is 11.3 Å². The fourth-order valence-electron chi connectivity index (χ4n) is 1.31. The van der Waals surface area contributed by atoms with Gasteiger partial charge in [-0.3, -0.25) is 4.21 Å². The van der Waals surface area contributed by atoms with Gasteiger partial charge in [-0.15, -0.1) is 0 Å². The first-order chi connectivity index (χ1) is 6.43. The minimum absolute atomic E-state index is 0.579. The first-order valence-electron chi connectivity index (χ1n) is 4.15. The van der Waals surface area contributed by atoms with Gasteiger partial charge in [0.2, 0.25) is 0 Å². The summed E-state index contributed by atoms with van der Waals surface area (Å²) in [7, 11) is 0. The van der Waals surface area contributed by atoms with Crippen molar-refractivity contribution < 1.29 is 8.76 Å². The quantitative estimate of drug-likeness (QED) is 0.575. The van der Waals surface area contributed by atoms with Gasteiger partial charge in [0.15, 0.2) is 0 Å². The summed E-state index contributed by atoms with van der Waals surface area (Å²) in [6, 6.07) is 1.84. The third-order valence-electron chi connectivity index (χ3n) is 2.33. The number of anilines is 2. The van der Waals surface area contributed by atoms with Crippen LogP contribution in [0.1, 0.15) is 16.7 Å². The first-order valence-corrected chi connectivity index (χ1v) is 5.23. The number of rotatable bonds is 2. The molecule has 0 aliphatic rings. The number of hydrogen-bond acceptors (Lipinski definition) is 3. The summed E-state index contributed by atoms with van der Waals surface area (Å²) in [6.45, 7) is 5.54. The van der Waals surface area contributed by atoms with E-state index >= 15 is 0 Å². The van der Waals surface area contributed by atoms with Crippen LogP contribution in [0.4, 0.5) is 11.4 Å². The van der Waals surface area contributed by atoms with Crippen molar-refractivity contribution in [1.82, 2.24) is 0 Å². The summed E-state index contributed by atoms with van der Waals surface area (Å²) < 4.78 is 23.4. The molecule has 3 N–H and O–H groups in total. The Balaban J connectivity index is 3.31. The third kappa shape index (κ3) is 2.05. The number of aryl methyl sites for hydroxylation is 1. The van der Waals surface area contributed by atoms with Crippen LogP contribution in [0.2, 0.25) is 0 Å². The molecule has 78 valence electrons. The van der Waals surface area contributed by atoms with Gasteiger partial charge in [-0.1, -0.05) is 0 Å². The highest BCUT2D eigenvalue weighted by Crippen LogP contribution is 2.28. The van der Waals surface area contributed by atoms with E-state index in [1.54, 1.807) is 6.92 Å². The summed E-state index contributed by atoms with van der Waals surface area (Å²) in [6.07, 6.45) is 0. The van der Waals surface area contributed by atoms with Crippen molar-refractivity contribution in [2.45, 2.75) is 20.8 Å². The molecule has 0 saturated carbocycles. The first kappa shape index (κ1) is 11.0. The number of nitrogens with two attached hydrogens (primary N) is 1. The maximum absolute atomic E-state index is 10.5. The zero-order valence-electron chi connectivity index (χ0n) is 8.38. The van der Waals surface area contributed by atoms with Crippen LogP contribution in [0.3, 0.4) is 0 Å². The van der Waals surface area contributed by atoms with Crippen molar-refractivity contribution in [3.8, 4) is 0 Å². The maximum atomic E-state index is 10.5. The third-order valence-corrected chi connectivity index (χ3v) is 2.70. The molecule has 5 heteroatoms. The molecule has 1 unspecified atom stereocenters. The molecule has 1 aromatic carbocycles. The van der Waals surface area contributed by atoms with Gasteiger partial charge in [0.25, 0.3) is 0 Å². The van der Waals surface area contributed by atoms with Gasteiger partial charge in [0.1, 0.15) is 0 Å². The molecule has 1 atom stereocenters. The largest absolute Gasteiger partial charge is 0.755 e. The molecule has 1 aromatic rings. The van der Waals surface area contributed by atoms with Crippen molar-refractivity contribution in [3.05, 3.63) is 22.8 Å². The minimum atomic E-state index is -2.31. The number of nitrogen functional groups attached to an aromatic ring is 1. The van der Waals surface area contributed by atoms with E-state index in [1.807, 2.05) is 19.9 Å². The second-order valence-electron chi connectivity index (χ2n) is 3.24. The Hall–Kier alpha value is -1.07. The van der Waals surface area contributed by atoms with Gasteiger partial charge in [-0.25, -0.2) is 0 Å². The normalized spacial score (nSPS) is 12.6. The predicted octanol–water partition coefficient (Wildman–Crippen LogP) is 1.40. The Morgan fingerprint density at radius 2 is 1.93 bits per heavy atom. The van der Waals surface area contributed by atoms with Gasteiger partial charge < -0.3 is 15.0 Å². The molecular weight excluding hydrogens is 200 g/mol. The fourth-order valence-corrected chi connectivity index (χ4v) is 1.78. The van der Waals surface area contributed by atoms with Crippen LogP contribution in [0.5, 0.6) is 0 Å².